The Balaban J connectivity index is 2.94. The Bertz CT molecular complexity index is 391. The average molecular weight is 301 g/mol. The summed E-state index contributed by atoms with van der Waals surface area (Å²) in [6.45, 7) is 1.85. The topological polar surface area (TPSA) is 35.5 Å². The monoisotopic (exact) mass is 300 g/mol. The van der Waals surface area contributed by atoms with Crippen LogP contribution >= 0.6 is 23.5 Å². The molecule has 0 aliphatic carbocycles. The predicted molar refractivity (Wildman–Crippen MR) is 54.6 cm³/mol. The van der Waals surface area contributed by atoms with Crippen molar-refractivity contribution in [1.29, 1.82) is 0 Å². The van der Waals surface area contributed by atoms with Gasteiger partial charge in [-0.2, -0.15) is 0 Å². The Hall–Kier alpha value is -0.290. The summed E-state index contributed by atoms with van der Waals surface area (Å²) >= 11 is 3.18. The van der Waals surface area contributed by atoms with Gasteiger partial charge >= 0.3 is 7.60 Å². The minimum Gasteiger partial charge on any atom is -0.254 e. The van der Waals surface area contributed by atoms with Crippen LogP contribution < -0.4 is 0 Å². The maximum Gasteiger partial charge on any atom is 0.399 e. The van der Waals surface area contributed by atoms with E-state index in [9.17, 15) is 13.6 Å². The van der Waals surface area contributed by atoms with Crippen molar-refractivity contribution < 1.29 is 23.1 Å². The van der Waals surface area contributed by atoms with Gasteiger partial charge in [0.1, 0.15) is 0 Å². The lowest BCUT2D eigenvalue weighted by Gasteiger charge is -2.09. The molecule has 0 N–H and O–H groups in total. The van der Waals surface area contributed by atoms with Crippen LogP contribution in [0.4, 0.5) is 9.05 Å². The molecule has 0 fully saturated rings. The minimum atomic E-state index is -4.31. The summed E-state index contributed by atoms with van der Waals surface area (Å²) < 4.78 is 41.4. The quantitative estimate of drug-likeness (QED) is 0.780. The highest BCUT2D eigenvalue weighted by atomic mass is 79.9. The molecule has 1 aromatic carbocycles. The highest BCUT2D eigenvalue weighted by molar-refractivity contribution is 9.10. The number of halogens is 3. The molecule has 1 aromatic rings. The van der Waals surface area contributed by atoms with Crippen molar-refractivity contribution in [2.75, 3.05) is 0 Å². The minimum absolute atomic E-state index is 0.444. The summed E-state index contributed by atoms with van der Waals surface area (Å²) in [7, 11) is -4.31. The van der Waals surface area contributed by atoms with E-state index in [0.29, 0.717) is 10.0 Å². The van der Waals surface area contributed by atoms with E-state index < -0.39 is 13.8 Å². The summed E-state index contributed by atoms with van der Waals surface area (Å²) in [5.74, 6) is 0. The molecule has 0 aliphatic heterocycles. The van der Waals surface area contributed by atoms with E-state index in [4.69, 9.17) is 0 Å². The van der Waals surface area contributed by atoms with E-state index in [1.807, 2.05) is 6.92 Å². The third-order valence-corrected chi connectivity index (χ3v) is 3.67. The first-order valence-corrected chi connectivity index (χ1v) is 6.47. The number of hydrogen-bond donors (Lipinski definition) is 0. The Labute approximate surface area is 93.9 Å². The van der Waals surface area contributed by atoms with Gasteiger partial charge in [0, 0.05) is 4.47 Å². The van der Waals surface area contributed by atoms with Gasteiger partial charge in [0.15, 0.2) is 0 Å². The van der Waals surface area contributed by atoms with Gasteiger partial charge in [0.25, 0.3) is 0 Å². The molecule has 0 saturated heterocycles. The molecule has 0 atom stereocenters. The van der Waals surface area contributed by atoms with Crippen LogP contribution in [0.5, 0.6) is 0 Å². The zero-order chi connectivity index (χ0) is 11.5. The summed E-state index contributed by atoms with van der Waals surface area (Å²) in [4.78, 5) is 0. The lowest BCUT2D eigenvalue weighted by Crippen LogP contribution is -1.91. The lowest BCUT2D eigenvalue weighted by atomic mass is 10.2. The fourth-order valence-corrected chi connectivity index (χ4v) is 2.71. The third kappa shape index (κ3) is 3.34. The molecule has 0 aliphatic rings. The molecule has 15 heavy (non-hydrogen) atoms. The van der Waals surface area contributed by atoms with Gasteiger partial charge in [-0.05, 0) is 33.2 Å². The van der Waals surface area contributed by atoms with Crippen LogP contribution in [0.3, 0.4) is 0 Å². The maximum atomic E-state index is 11.8. The van der Waals surface area contributed by atoms with E-state index in [2.05, 4.69) is 25.4 Å². The van der Waals surface area contributed by atoms with Gasteiger partial charge < -0.3 is 0 Å². The van der Waals surface area contributed by atoms with Gasteiger partial charge in [0.2, 0.25) is 0 Å². The molecule has 0 bridgehead atoms. The molecule has 0 heterocycles. The lowest BCUT2D eigenvalue weighted by molar-refractivity contribution is -0.0881. The number of hydrogen-bond acceptors (Lipinski definition) is 3. The van der Waals surface area contributed by atoms with Crippen LogP contribution in [-0.4, -0.2) is 0 Å². The van der Waals surface area contributed by atoms with Crippen LogP contribution in [0.15, 0.2) is 22.7 Å². The summed E-state index contributed by atoms with van der Waals surface area (Å²) in [6.07, 6.45) is -0.471. The van der Waals surface area contributed by atoms with Crippen molar-refractivity contribution in [2.24, 2.45) is 0 Å². The van der Waals surface area contributed by atoms with Crippen molar-refractivity contribution in [3.63, 3.8) is 0 Å². The molecule has 0 spiro atoms. The van der Waals surface area contributed by atoms with E-state index >= 15 is 0 Å². The normalized spacial score (nSPS) is 11.7. The van der Waals surface area contributed by atoms with Gasteiger partial charge in [-0.15, -0.1) is 9.46 Å². The van der Waals surface area contributed by atoms with E-state index in [-0.39, 0.29) is 0 Å². The zero-order valence-corrected chi connectivity index (χ0v) is 10.2. The molecule has 0 saturated carbocycles. The predicted octanol–water partition coefficient (Wildman–Crippen LogP) is 4.25. The Morgan fingerprint density at radius 2 is 2.00 bits per heavy atom. The summed E-state index contributed by atoms with van der Waals surface area (Å²) in [6, 6.07) is 5.04. The van der Waals surface area contributed by atoms with Crippen LogP contribution in [0.25, 0.3) is 0 Å². The first kappa shape index (κ1) is 12.8. The second-order valence-electron chi connectivity index (χ2n) is 3.00. The molecule has 0 unspecified atom stereocenters. The highest BCUT2D eigenvalue weighted by Crippen LogP contribution is 2.52. The molecular formula is C8H8BrF2O3P. The number of aryl methyl sites for hydroxylation is 1. The molecule has 0 amide bonds. The summed E-state index contributed by atoms with van der Waals surface area (Å²) in [5.41, 5.74) is 1.40. The Morgan fingerprint density at radius 1 is 1.40 bits per heavy atom. The third-order valence-electron chi connectivity index (χ3n) is 1.78. The molecular weight excluding hydrogens is 293 g/mol. The molecule has 7 heteroatoms. The van der Waals surface area contributed by atoms with Crippen LogP contribution in [0, 0.1) is 6.92 Å². The van der Waals surface area contributed by atoms with Crippen molar-refractivity contribution in [3.8, 4) is 0 Å². The number of rotatable bonds is 4. The summed E-state index contributed by atoms with van der Waals surface area (Å²) in [5, 5.41) is 0. The standard InChI is InChI=1S/C8H8BrF2O3P/c1-6-2-3-7(8(9)4-6)5-15(12,13-10)14-11/h2-4H,5H2,1H3. The first-order valence-electron chi connectivity index (χ1n) is 3.95. The van der Waals surface area contributed by atoms with Crippen LogP contribution in [-0.2, 0) is 20.2 Å². The van der Waals surface area contributed by atoms with Gasteiger partial charge in [-0.25, -0.2) is 0 Å². The molecule has 3 nitrogen and oxygen atoms in total. The fraction of sp³-hybridized carbons (Fsp3) is 0.250. The average Bonchev–Trinajstić information content (AvgIpc) is 2.22. The molecule has 84 valence electrons. The SMILES string of the molecule is Cc1ccc(CP(=O)(OF)OF)c(Br)c1. The maximum absolute atomic E-state index is 11.8. The van der Waals surface area contributed by atoms with Crippen molar-refractivity contribution in [1.82, 2.24) is 0 Å². The molecule has 0 aromatic heterocycles. The van der Waals surface area contributed by atoms with Crippen molar-refractivity contribution in [3.05, 3.63) is 33.8 Å². The van der Waals surface area contributed by atoms with E-state index in [1.165, 1.54) is 0 Å². The second kappa shape index (κ2) is 5.16. The van der Waals surface area contributed by atoms with Crippen molar-refractivity contribution >= 4 is 23.5 Å². The Kier molecular flexibility index (Phi) is 4.40. The zero-order valence-electron chi connectivity index (χ0n) is 7.75. The smallest absolute Gasteiger partial charge is 0.254 e. The fourth-order valence-electron chi connectivity index (χ4n) is 1.05. The molecule has 1 rings (SSSR count). The Morgan fingerprint density at radius 3 is 2.47 bits per heavy atom. The highest BCUT2D eigenvalue weighted by Gasteiger charge is 2.28. The van der Waals surface area contributed by atoms with E-state index in [0.717, 1.165) is 5.56 Å². The van der Waals surface area contributed by atoms with Crippen molar-refractivity contribution in [2.45, 2.75) is 13.1 Å². The second-order valence-corrected chi connectivity index (χ2v) is 5.67. The van der Waals surface area contributed by atoms with Crippen LogP contribution in [0.1, 0.15) is 11.1 Å². The molecule has 0 radical (unpaired) electrons. The number of benzene rings is 1. The first-order chi connectivity index (χ1) is 7.00. The van der Waals surface area contributed by atoms with E-state index in [1.54, 1.807) is 18.2 Å². The largest absolute Gasteiger partial charge is 0.399 e. The van der Waals surface area contributed by atoms with Gasteiger partial charge in [0.05, 0.1) is 6.16 Å². The van der Waals surface area contributed by atoms with Gasteiger partial charge in [-0.3, -0.25) is 4.57 Å². The van der Waals surface area contributed by atoms with Gasteiger partial charge in [-0.1, -0.05) is 28.1 Å². The van der Waals surface area contributed by atoms with Crippen LogP contribution in [0.2, 0.25) is 0 Å².